The molecule has 0 aromatic heterocycles. The molecule has 4 nitrogen and oxygen atoms in total. The van der Waals surface area contributed by atoms with Crippen LogP contribution in [0.5, 0.6) is 0 Å². The lowest BCUT2D eigenvalue weighted by Gasteiger charge is -2.37. The molecule has 0 N–H and O–H groups in total. The summed E-state index contributed by atoms with van der Waals surface area (Å²) in [5.74, 6) is 0.0235. The zero-order valence-electron chi connectivity index (χ0n) is 18.4. The third-order valence-electron chi connectivity index (χ3n) is 5.24. The van der Waals surface area contributed by atoms with E-state index < -0.39 is 20.4 Å². The van der Waals surface area contributed by atoms with Gasteiger partial charge < -0.3 is 9.16 Å². The second kappa shape index (κ2) is 11.0. The SMILES string of the molecule is CC(=O)OC(C/C=C(/C)CCCC(C)CO[Si](C)(C)C(C)(C)C)C(C)=O. The third kappa shape index (κ3) is 10.3. The molecule has 0 rings (SSSR count). The van der Waals surface area contributed by atoms with Crippen molar-refractivity contribution in [1.29, 1.82) is 0 Å². The summed E-state index contributed by atoms with van der Waals surface area (Å²) in [6.07, 6.45) is 5.05. The molecular weight excluding hydrogens is 344 g/mol. The molecule has 2 atom stereocenters. The van der Waals surface area contributed by atoms with Crippen LogP contribution >= 0.6 is 0 Å². The van der Waals surface area contributed by atoms with E-state index in [4.69, 9.17) is 9.16 Å². The van der Waals surface area contributed by atoms with Gasteiger partial charge in [-0.2, -0.15) is 0 Å². The molecule has 152 valence electrons. The summed E-state index contributed by atoms with van der Waals surface area (Å²) in [4.78, 5) is 22.5. The molecule has 0 aromatic carbocycles. The lowest BCUT2D eigenvalue weighted by molar-refractivity contribution is -0.152. The van der Waals surface area contributed by atoms with Crippen LogP contribution in [0.25, 0.3) is 0 Å². The number of carbonyl (C=O) groups excluding carboxylic acids is 2. The Kier molecular flexibility index (Phi) is 10.6. The van der Waals surface area contributed by atoms with Gasteiger partial charge in [-0.3, -0.25) is 9.59 Å². The zero-order chi connectivity index (χ0) is 20.5. The fourth-order valence-corrected chi connectivity index (χ4v) is 3.42. The van der Waals surface area contributed by atoms with Gasteiger partial charge in [0.05, 0.1) is 0 Å². The smallest absolute Gasteiger partial charge is 0.303 e. The summed E-state index contributed by atoms with van der Waals surface area (Å²) in [6.45, 7) is 19.3. The Hall–Kier alpha value is -0.943. The molecule has 0 bridgehead atoms. The van der Waals surface area contributed by atoms with E-state index in [1.54, 1.807) is 0 Å². The summed E-state index contributed by atoms with van der Waals surface area (Å²) in [7, 11) is -1.66. The number of Topliss-reactive ketones (excluding diaryl/α,β-unsaturated/α-hetero) is 1. The Labute approximate surface area is 161 Å². The van der Waals surface area contributed by atoms with E-state index >= 15 is 0 Å². The zero-order valence-corrected chi connectivity index (χ0v) is 19.4. The van der Waals surface area contributed by atoms with E-state index in [1.165, 1.54) is 19.4 Å². The van der Waals surface area contributed by atoms with Crippen LogP contribution in [0.15, 0.2) is 11.6 Å². The molecule has 0 aliphatic rings. The van der Waals surface area contributed by atoms with Crippen LogP contribution in [0.1, 0.15) is 74.1 Å². The van der Waals surface area contributed by atoms with Gasteiger partial charge in [-0.25, -0.2) is 0 Å². The maximum atomic E-state index is 11.5. The van der Waals surface area contributed by atoms with Crippen molar-refractivity contribution in [3.63, 3.8) is 0 Å². The summed E-state index contributed by atoms with van der Waals surface area (Å²) in [6, 6.07) is 0. The molecule has 0 fully saturated rings. The first-order chi connectivity index (χ1) is 11.8. The fraction of sp³-hybridized carbons (Fsp3) is 0.810. The predicted octanol–water partition coefficient (Wildman–Crippen LogP) is 5.67. The van der Waals surface area contributed by atoms with Gasteiger partial charge in [-0.15, -0.1) is 0 Å². The Bertz CT molecular complexity index is 489. The van der Waals surface area contributed by atoms with Gasteiger partial charge in [0.2, 0.25) is 0 Å². The Balaban J connectivity index is 4.25. The summed E-state index contributed by atoms with van der Waals surface area (Å²) < 4.78 is 11.3. The van der Waals surface area contributed by atoms with E-state index in [1.807, 2.05) is 6.08 Å². The van der Waals surface area contributed by atoms with Crippen molar-refractivity contribution in [2.45, 2.75) is 98.4 Å². The van der Waals surface area contributed by atoms with Crippen molar-refractivity contribution in [3.05, 3.63) is 11.6 Å². The predicted molar refractivity (Wildman–Crippen MR) is 111 cm³/mol. The molecule has 5 heteroatoms. The maximum absolute atomic E-state index is 11.5. The molecule has 0 spiro atoms. The molecule has 0 radical (unpaired) electrons. The van der Waals surface area contributed by atoms with Crippen molar-refractivity contribution in [2.75, 3.05) is 6.61 Å². The first-order valence-electron chi connectivity index (χ1n) is 9.73. The summed E-state index contributed by atoms with van der Waals surface area (Å²) >= 11 is 0. The van der Waals surface area contributed by atoms with E-state index in [9.17, 15) is 9.59 Å². The Morgan fingerprint density at radius 2 is 1.69 bits per heavy atom. The largest absolute Gasteiger partial charge is 0.454 e. The van der Waals surface area contributed by atoms with Crippen molar-refractivity contribution in [1.82, 2.24) is 0 Å². The van der Waals surface area contributed by atoms with Gasteiger partial charge in [0.1, 0.15) is 0 Å². The van der Waals surface area contributed by atoms with Crippen LogP contribution in [0.3, 0.4) is 0 Å². The first-order valence-corrected chi connectivity index (χ1v) is 12.6. The van der Waals surface area contributed by atoms with Gasteiger partial charge in [0, 0.05) is 20.0 Å². The molecular formula is C21H40O4Si. The average molecular weight is 385 g/mol. The van der Waals surface area contributed by atoms with Crippen molar-refractivity contribution >= 4 is 20.1 Å². The number of hydrogen-bond acceptors (Lipinski definition) is 4. The topological polar surface area (TPSA) is 52.6 Å². The highest BCUT2D eigenvalue weighted by Crippen LogP contribution is 2.36. The van der Waals surface area contributed by atoms with E-state index in [-0.39, 0.29) is 10.8 Å². The second-order valence-corrected chi connectivity index (χ2v) is 13.9. The van der Waals surface area contributed by atoms with E-state index in [0.29, 0.717) is 12.3 Å². The van der Waals surface area contributed by atoms with Gasteiger partial charge in [0.25, 0.3) is 0 Å². The van der Waals surface area contributed by atoms with Crippen LogP contribution in [-0.2, 0) is 18.8 Å². The van der Waals surface area contributed by atoms with Gasteiger partial charge in [0.15, 0.2) is 20.2 Å². The monoisotopic (exact) mass is 384 g/mol. The number of ketones is 1. The minimum atomic E-state index is -1.66. The summed E-state index contributed by atoms with van der Waals surface area (Å²) in [5.41, 5.74) is 1.24. The Morgan fingerprint density at radius 3 is 2.15 bits per heavy atom. The van der Waals surface area contributed by atoms with E-state index in [0.717, 1.165) is 25.9 Å². The number of ether oxygens (including phenoxy) is 1. The van der Waals surface area contributed by atoms with Gasteiger partial charge >= 0.3 is 5.97 Å². The molecule has 0 amide bonds. The molecule has 2 unspecified atom stereocenters. The third-order valence-corrected chi connectivity index (χ3v) is 9.75. The van der Waals surface area contributed by atoms with Crippen LogP contribution in [0.2, 0.25) is 18.1 Å². The lowest BCUT2D eigenvalue weighted by atomic mass is 10.0. The van der Waals surface area contributed by atoms with Crippen molar-refractivity contribution in [2.24, 2.45) is 5.92 Å². The highest BCUT2D eigenvalue weighted by atomic mass is 28.4. The van der Waals surface area contributed by atoms with Gasteiger partial charge in [-0.05, 0) is 57.2 Å². The minimum Gasteiger partial charge on any atom is -0.454 e. The number of rotatable bonds is 11. The molecule has 0 aliphatic carbocycles. The lowest BCUT2D eigenvalue weighted by Crippen LogP contribution is -2.41. The Morgan fingerprint density at radius 1 is 1.12 bits per heavy atom. The van der Waals surface area contributed by atoms with Crippen molar-refractivity contribution < 1.29 is 18.8 Å². The number of esters is 1. The average Bonchev–Trinajstić information content (AvgIpc) is 2.47. The first kappa shape index (κ1) is 25.1. The standard InChI is InChI=1S/C21H40O4Si/c1-16(13-14-20(18(3)22)25-19(4)23)11-10-12-17(2)15-24-26(8,9)21(5,6)7/h13,17,20H,10-12,14-15H2,1-9H3/b16-13-. The minimum absolute atomic E-state index is 0.111. The molecule has 0 heterocycles. The highest BCUT2D eigenvalue weighted by Gasteiger charge is 2.37. The maximum Gasteiger partial charge on any atom is 0.303 e. The molecule has 0 aliphatic heterocycles. The molecule has 0 aromatic rings. The number of allylic oxidation sites excluding steroid dienone is 1. The fourth-order valence-electron chi connectivity index (χ4n) is 2.29. The highest BCUT2D eigenvalue weighted by molar-refractivity contribution is 6.74. The van der Waals surface area contributed by atoms with E-state index in [2.05, 4.69) is 47.7 Å². The van der Waals surface area contributed by atoms with Crippen LogP contribution in [0, 0.1) is 5.92 Å². The van der Waals surface area contributed by atoms with Crippen molar-refractivity contribution in [3.8, 4) is 0 Å². The normalized spacial score (nSPS) is 15.5. The molecule has 0 saturated carbocycles. The number of carbonyl (C=O) groups is 2. The molecule has 0 saturated heterocycles. The van der Waals surface area contributed by atoms with Crippen LogP contribution < -0.4 is 0 Å². The molecule has 26 heavy (non-hydrogen) atoms. The van der Waals surface area contributed by atoms with Gasteiger partial charge in [-0.1, -0.05) is 39.3 Å². The van der Waals surface area contributed by atoms with Crippen LogP contribution in [0.4, 0.5) is 0 Å². The quantitative estimate of drug-likeness (QED) is 0.261. The van der Waals surface area contributed by atoms with Crippen LogP contribution in [-0.4, -0.2) is 32.8 Å². The number of hydrogen-bond donors (Lipinski definition) is 0. The summed E-state index contributed by atoms with van der Waals surface area (Å²) in [5, 5.41) is 0.251. The second-order valence-electron chi connectivity index (χ2n) is 9.06.